The van der Waals surface area contributed by atoms with Crippen LogP contribution >= 0.6 is 15.9 Å². The van der Waals surface area contributed by atoms with E-state index in [-0.39, 0.29) is 5.69 Å². The van der Waals surface area contributed by atoms with Gasteiger partial charge in [0.2, 0.25) is 0 Å². The average Bonchev–Trinajstić information content (AvgIpc) is 2.89. The number of carboxylic acid groups (broad SMARTS) is 1. The summed E-state index contributed by atoms with van der Waals surface area (Å²) >= 11 is 3.31. The minimum absolute atomic E-state index is 0.0703. The Bertz CT molecular complexity index is 871. The molecule has 2 N–H and O–H groups in total. The van der Waals surface area contributed by atoms with Gasteiger partial charge in [-0.15, -0.1) is 0 Å². The van der Waals surface area contributed by atoms with Crippen molar-refractivity contribution in [2.75, 3.05) is 5.32 Å². The maximum absolute atomic E-state index is 12.4. The first kappa shape index (κ1) is 14.3. The Morgan fingerprint density at radius 2 is 1.77 bits per heavy atom. The number of aromatic nitrogens is 2. The highest BCUT2D eigenvalue weighted by atomic mass is 79.9. The molecule has 6 nitrogen and oxygen atoms in total. The summed E-state index contributed by atoms with van der Waals surface area (Å²) in [5.74, 6) is -0.460. The molecule has 110 valence electrons. The molecule has 22 heavy (non-hydrogen) atoms. The van der Waals surface area contributed by atoms with Crippen LogP contribution in [0.15, 0.2) is 53.0 Å². The van der Waals surface area contributed by atoms with Crippen LogP contribution in [0.3, 0.4) is 0 Å². The average molecular weight is 360 g/mol. The fraction of sp³-hybridized carbons (Fsp3) is 0. The van der Waals surface area contributed by atoms with Crippen LogP contribution in [0.25, 0.3) is 10.9 Å². The van der Waals surface area contributed by atoms with Gasteiger partial charge in [-0.25, -0.2) is 4.79 Å². The zero-order valence-corrected chi connectivity index (χ0v) is 12.7. The number of benzene rings is 2. The summed E-state index contributed by atoms with van der Waals surface area (Å²) in [5, 5.41) is 16.2. The van der Waals surface area contributed by atoms with Gasteiger partial charge in [-0.3, -0.25) is 4.79 Å². The Hall–Kier alpha value is -2.67. The molecule has 7 heteroatoms. The third-order valence-corrected chi connectivity index (χ3v) is 3.61. The van der Waals surface area contributed by atoms with Crippen LogP contribution in [0.1, 0.15) is 10.5 Å². The van der Waals surface area contributed by atoms with Gasteiger partial charge >= 0.3 is 6.09 Å². The maximum Gasteiger partial charge on any atom is 0.432 e. The second kappa shape index (κ2) is 5.61. The quantitative estimate of drug-likeness (QED) is 0.732. The largest absolute Gasteiger partial charge is 0.463 e. The van der Waals surface area contributed by atoms with Gasteiger partial charge in [-0.1, -0.05) is 34.1 Å². The van der Waals surface area contributed by atoms with Crippen molar-refractivity contribution < 1.29 is 14.7 Å². The Balaban J connectivity index is 2.00. The van der Waals surface area contributed by atoms with Crippen molar-refractivity contribution in [2.45, 2.75) is 0 Å². The molecule has 0 saturated carbocycles. The maximum atomic E-state index is 12.4. The Morgan fingerprint density at radius 1 is 1.09 bits per heavy atom. The summed E-state index contributed by atoms with van der Waals surface area (Å²) in [5.41, 5.74) is 1.04. The van der Waals surface area contributed by atoms with E-state index in [0.717, 1.165) is 9.15 Å². The molecule has 0 fully saturated rings. The lowest BCUT2D eigenvalue weighted by Crippen LogP contribution is -2.15. The Labute approximate surface area is 133 Å². The molecule has 3 aromatic rings. The predicted octanol–water partition coefficient (Wildman–Crippen LogP) is 3.58. The molecule has 0 saturated heterocycles. The summed E-state index contributed by atoms with van der Waals surface area (Å²) in [6.07, 6.45) is -1.24. The van der Waals surface area contributed by atoms with Crippen LogP contribution < -0.4 is 5.32 Å². The summed E-state index contributed by atoms with van der Waals surface area (Å²) in [6, 6.07) is 13.8. The fourth-order valence-corrected chi connectivity index (χ4v) is 2.37. The van der Waals surface area contributed by atoms with E-state index in [1.807, 2.05) is 0 Å². The van der Waals surface area contributed by atoms with Crippen LogP contribution in [0.4, 0.5) is 10.5 Å². The Kier molecular flexibility index (Phi) is 3.64. The molecule has 0 radical (unpaired) electrons. The summed E-state index contributed by atoms with van der Waals surface area (Å²) in [4.78, 5) is 23.6. The normalized spacial score (nSPS) is 10.6. The molecule has 0 unspecified atom stereocenters. The topological polar surface area (TPSA) is 84.2 Å². The van der Waals surface area contributed by atoms with Gasteiger partial charge < -0.3 is 10.4 Å². The summed E-state index contributed by atoms with van der Waals surface area (Å²) < 4.78 is 1.69. The fourth-order valence-electron chi connectivity index (χ4n) is 2.10. The van der Waals surface area contributed by atoms with E-state index in [1.165, 1.54) is 0 Å². The van der Waals surface area contributed by atoms with Gasteiger partial charge in [0.05, 0.1) is 5.52 Å². The lowest BCUT2D eigenvalue weighted by atomic mass is 10.2. The molecule has 0 aliphatic carbocycles. The van der Waals surface area contributed by atoms with Crippen LogP contribution in [0.5, 0.6) is 0 Å². The molecular formula is C15H10BrN3O3. The molecule has 2 aromatic carbocycles. The number of rotatable bonds is 2. The molecular weight excluding hydrogens is 350 g/mol. The smallest absolute Gasteiger partial charge is 0.432 e. The first-order valence-electron chi connectivity index (χ1n) is 6.34. The molecule has 1 amide bonds. The highest BCUT2D eigenvalue weighted by Crippen LogP contribution is 2.20. The number of carbonyl (C=O) groups is 2. The number of fused-ring (bicyclic) bond motifs is 1. The number of amides is 1. The van der Waals surface area contributed by atoms with Crippen LogP contribution in [0.2, 0.25) is 0 Å². The first-order valence-corrected chi connectivity index (χ1v) is 7.13. The number of anilines is 1. The second-order valence-electron chi connectivity index (χ2n) is 4.52. The van der Waals surface area contributed by atoms with E-state index in [0.29, 0.717) is 16.6 Å². The van der Waals surface area contributed by atoms with Gasteiger partial charge in [0.15, 0.2) is 5.69 Å². The number of para-hydroxylation sites is 1. The van der Waals surface area contributed by atoms with Gasteiger partial charge in [-0.2, -0.15) is 9.78 Å². The number of carbonyl (C=O) groups excluding carboxylic acids is 1. The van der Waals surface area contributed by atoms with Gasteiger partial charge in [0.25, 0.3) is 5.91 Å². The number of halogens is 1. The zero-order chi connectivity index (χ0) is 15.7. The van der Waals surface area contributed by atoms with Crippen molar-refractivity contribution in [3.05, 3.63) is 58.7 Å². The highest BCUT2D eigenvalue weighted by molar-refractivity contribution is 9.10. The minimum Gasteiger partial charge on any atom is -0.463 e. The van der Waals surface area contributed by atoms with Gasteiger partial charge in [-0.05, 0) is 30.3 Å². The van der Waals surface area contributed by atoms with Crippen molar-refractivity contribution in [2.24, 2.45) is 0 Å². The minimum atomic E-state index is -1.24. The third kappa shape index (κ3) is 2.58. The van der Waals surface area contributed by atoms with Crippen LogP contribution in [-0.4, -0.2) is 26.9 Å². The standard InChI is InChI=1S/C15H10BrN3O3/c16-9-5-7-10(8-6-9)17-14(20)13-11-3-1-2-4-12(11)19(18-13)15(21)22/h1-8H,(H,17,20)(H,21,22). The monoisotopic (exact) mass is 359 g/mol. The number of nitrogens with one attached hydrogen (secondary N) is 1. The van der Waals surface area contributed by atoms with Crippen molar-refractivity contribution >= 4 is 44.5 Å². The van der Waals surface area contributed by atoms with Crippen molar-refractivity contribution in [1.82, 2.24) is 9.78 Å². The SMILES string of the molecule is O=C(Nc1ccc(Br)cc1)c1nn(C(=O)O)c2ccccc12. The van der Waals surface area contributed by atoms with E-state index in [9.17, 15) is 9.59 Å². The second-order valence-corrected chi connectivity index (χ2v) is 5.44. The first-order chi connectivity index (χ1) is 10.6. The highest BCUT2D eigenvalue weighted by Gasteiger charge is 2.19. The molecule has 0 aliphatic rings. The molecule has 0 atom stereocenters. The molecule has 1 heterocycles. The van der Waals surface area contributed by atoms with Gasteiger partial charge in [0.1, 0.15) is 0 Å². The lowest BCUT2D eigenvalue weighted by Gasteiger charge is -2.03. The van der Waals surface area contributed by atoms with E-state index < -0.39 is 12.0 Å². The van der Waals surface area contributed by atoms with Crippen molar-refractivity contribution in [3.63, 3.8) is 0 Å². The lowest BCUT2D eigenvalue weighted by molar-refractivity contribution is 0.102. The van der Waals surface area contributed by atoms with E-state index in [2.05, 4.69) is 26.3 Å². The third-order valence-electron chi connectivity index (χ3n) is 3.09. The van der Waals surface area contributed by atoms with E-state index in [4.69, 9.17) is 5.11 Å². The zero-order valence-electron chi connectivity index (χ0n) is 11.2. The van der Waals surface area contributed by atoms with Crippen LogP contribution in [0, 0.1) is 0 Å². The summed E-state index contributed by atoms with van der Waals surface area (Å²) in [7, 11) is 0. The molecule has 0 aliphatic heterocycles. The predicted molar refractivity (Wildman–Crippen MR) is 85.3 cm³/mol. The molecule has 0 bridgehead atoms. The van der Waals surface area contributed by atoms with Crippen molar-refractivity contribution in [3.8, 4) is 0 Å². The van der Waals surface area contributed by atoms with E-state index >= 15 is 0 Å². The van der Waals surface area contributed by atoms with E-state index in [1.54, 1.807) is 48.5 Å². The molecule has 1 aromatic heterocycles. The van der Waals surface area contributed by atoms with Crippen molar-refractivity contribution in [1.29, 1.82) is 0 Å². The van der Waals surface area contributed by atoms with Crippen LogP contribution in [-0.2, 0) is 0 Å². The van der Waals surface area contributed by atoms with Gasteiger partial charge in [0, 0.05) is 15.5 Å². The number of hydrogen-bond donors (Lipinski definition) is 2. The number of nitrogens with zero attached hydrogens (tertiary/aromatic N) is 2. The Morgan fingerprint density at radius 3 is 2.45 bits per heavy atom. The number of hydrogen-bond acceptors (Lipinski definition) is 3. The summed E-state index contributed by atoms with van der Waals surface area (Å²) in [6.45, 7) is 0. The molecule has 3 rings (SSSR count). The molecule has 0 spiro atoms.